The molecule has 2 atom stereocenters. The fourth-order valence-corrected chi connectivity index (χ4v) is 5.06. The number of amides is 1. The molecule has 186 valence electrons. The smallest absolute Gasteiger partial charge is 0.310 e. The van der Waals surface area contributed by atoms with E-state index >= 15 is 0 Å². The number of piperidine rings is 1. The molecule has 4 rings (SSSR count). The predicted octanol–water partition coefficient (Wildman–Crippen LogP) is 4.26. The number of carbonyl (C=O) groups is 2. The number of hydrogen-bond donors (Lipinski definition) is 0. The molecule has 0 N–H and O–H groups in total. The van der Waals surface area contributed by atoms with Gasteiger partial charge >= 0.3 is 5.97 Å². The first-order chi connectivity index (χ1) is 16.9. The van der Waals surface area contributed by atoms with Crippen molar-refractivity contribution in [3.8, 4) is 5.75 Å². The van der Waals surface area contributed by atoms with Crippen LogP contribution < -0.4 is 4.74 Å². The van der Waals surface area contributed by atoms with E-state index in [-0.39, 0.29) is 30.4 Å². The van der Waals surface area contributed by atoms with Crippen LogP contribution in [0.15, 0.2) is 47.6 Å². The third-order valence-corrected chi connectivity index (χ3v) is 6.82. The predicted molar refractivity (Wildman–Crippen MR) is 135 cm³/mol. The molecule has 0 saturated carbocycles. The summed E-state index contributed by atoms with van der Waals surface area (Å²) in [7, 11) is 1.64. The normalized spacial score (nSPS) is 20.5. The molecule has 35 heavy (non-hydrogen) atoms. The molecule has 2 aliphatic heterocycles. The Labute approximate surface area is 207 Å². The molecule has 0 aliphatic carbocycles. The highest BCUT2D eigenvalue weighted by Gasteiger charge is 2.35. The summed E-state index contributed by atoms with van der Waals surface area (Å²) in [5, 5.41) is 6.49. The third kappa shape index (κ3) is 5.73. The quantitative estimate of drug-likeness (QED) is 0.557. The first kappa shape index (κ1) is 24.9. The van der Waals surface area contributed by atoms with Crippen molar-refractivity contribution < 1.29 is 19.1 Å². The average molecular weight is 478 g/mol. The van der Waals surface area contributed by atoms with Gasteiger partial charge in [-0.3, -0.25) is 14.5 Å². The lowest BCUT2D eigenvalue weighted by atomic mass is 9.95. The summed E-state index contributed by atoms with van der Waals surface area (Å²) >= 11 is 0. The highest BCUT2D eigenvalue weighted by Crippen LogP contribution is 2.35. The number of ether oxygens (including phenoxy) is 2. The fourth-order valence-electron chi connectivity index (χ4n) is 5.06. The van der Waals surface area contributed by atoms with Gasteiger partial charge in [0, 0.05) is 18.5 Å². The lowest BCUT2D eigenvalue weighted by molar-refractivity contribution is -0.150. The molecule has 0 spiro atoms. The summed E-state index contributed by atoms with van der Waals surface area (Å²) in [6.07, 6.45) is 2.30. The van der Waals surface area contributed by atoms with Gasteiger partial charge in [-0.25, -0.2) is 5.01 Å². The van der Waals surface area contributed by atoms with Crippen molar-refractivity contribution in [3.05, 3.63) is 64.7 Å². The van der Waals surface area contributed by atoms with E-state index in [1.165, 1.54) is 5.56 Å². The Morgan fingerprint density at radius 3 is 2.71 bits per heavy atom. The highest BCUT2D eigenvalue weighted by molar-refractivity contribution is 6.04. The van der Waals surface area contributed by atoms with Crippen LogP contribution in [0.1, 0.15) is 54.5 Å². The summed E-state index contributed by atoms with van der Waals surface area (Å²) < 4.78 is 10.7. The van der Waals surface area contributed by atoms with E-state index < -0.39 is 0 Å². The van der Waals surface area contributed by atoms with Crippen LogP contribution in [0.2, 0.25) is 0 Å². The molecule has 0 unspecified atom stereocenters. The molecule has 0 radical (unpaired) electrons. The van der Waals surface area contributed by atoms with Crippen LogP contribution >= 0.6 is 0 Å². The summed E-state index contributed by atoms with van der Waals surface area (Å²) in [5.74, 6) is 0.332. The molecule has 2 aliphatic rings. The Kier molecular flexibility index (Phi) is 7.86. The molecule has 7 heteroatoms. The van der Waals surface area contributed by atoms with E-state index in [9.17, 15) is 9.59 Å². The SMILES string of the molecule is CCOC(=O)[C@H]1CCCN(CC(=O)N2N=C(c3ccc(C)cc3C)C[C@@H]2c2cccc(OC)c2)C1. The number of esters is 1. The number of rotatable bonds is 7. The molecule has 1 amide bonds. The zero-order chi connectivity index (χ0) is 24.9. The van der Waals surface area contributed by atoms with Gasteiger partial charge in [0.1, 0.15) is 5.75 Å². The van der Waals surface area contributed by atoms with Crippen molar-refractivity contribution in [3.63, 3.8) is 0 Å². The number of likely N-dealkylation sites (tertiary alicyclic amines) is 1. The van der Waals surface area contributed by atoms with Crippen LogP contribution in [-0.2, 0) is 14.3 Å². The summed E-state index contributed by atoms with van der Waals surface area (Å²) in [6, 6.07) is 14.0. The standard InChI is InChI=1S/C28H35N3O4/c1-5-35-28(33)22-9-7-13-30(17-22)18-27(32)31-26(21-8-6-10-23(15-21)34-4)16-25(29-31)24-12-11-19(2)14-20(24)3/h6,8,10-12,14-15,22,26H,5,7,9,13,16-18H2,1-4H3/t22-,26+/m0/s1. The molecule has 1 saturated heterocycles. The molecule has 1 fully saturated rings. The lowest BCUT2D eigenvalue weighted by Gasteiger charge is -2.32. The Morgan fingerprint density at radius 2 is 1.97 bits per heavy atom. The fraction of sp³-hybridized carbons (Fsp3) is 0.464. The molecular weight excluding hydrogens is 442 g/mol. The lowest BCUT2D eigenvalue weighted by Crippen LogP contribution is -2.44. The largest absolute Gasteiger partial charge is 0.497 e. The number of hydrogen-bond acceptors (Lipinski definition) is 6. The number of aryl methyl sites for hydroxylation is 2. The maximum Gasteiger partial charge on any atom is 0.310 e. The zero-order valence-electron chi connectivity index (χ0n) is 21.1. The van der Waals surface area contributed by atoms with Crippen molar-refractivity contribution in [2.75, 3.05) is 33.4 Å². The Balaban J connectivity index is 1.58. The first-order valence-corrected chi connectivity index (χ1v) is 12.4. The van der Waals surface area contributed by atoms with Crippen molar-refractivity contribution in [1.29, 1.82) is 0 Å². The van der Waals surface area contributed by atoms with Gasteiger partial charge < -0.3 is 9.47 Å². The first-order valence-electron chi connectivity index (χ1n) is 12.4. The van der Waals surface area contributed by atoms with Gasteiger partial charge in [0.2, 0.25) is 0 Å². The summed E-state index contributed by atoms with van der Waals surface area (Å²) in [6.45, 7) is 7.89. The summed E-state index contributed by atoms with van der Waals surface area (Å²) in [5.41, 5.74) is 5.31. The topological polar surface area (TPSA) is 71.4 Å². The van der Waals surface area contributed by atoms with Crippen LogP contribution in [0.4, 0.5) is 0 Å². The third-order valence-electron chi connectivity index (χ3n) is 6.82. The Morgan fingerprint density at radius 1 is 1.14 bits per heavy atom. The number of nitrogens with zero attached hydrogens (tertiary/aromatic N) is 3. The number of benzene rings is 2. The van der Waals surface area contributed by atoms with Crippen LogP contribution in [0.25, 0.3) is 0 Å². The molecule has 7 nitrogen and oxygen atoms in total. The molecule has 0 bridgehead atoms. The molecule has 2 aromatic carbocycles. The van der Waals surface area contributed by atoms with Crippen LogP contribution in [0.3, 0.4) is 0 Å². The number of carbonyl (C=O) groups excluding carboxylic acids is 2. The van der Waals surface area contributed by atoms with Gasteiger partial charge in [-0.15, -0.1) is 0 Å². The van der Waals surface area contributed by atoms with Gasteiger partial charge in [0.25, 0.3) is 5.91 Å². The minimum Gasteiger partial charge on any atom is -0.497 e. The van der Waals surface area contributed by atoms with Crippen molar-refractivity contribution >= 4 is 17.6 Å². The van der Waals surface area contributed by atoms with Crippen molar-refractivity contribution in [1.82, 2.24) is 9.91 Å². The average Bonchev–Trinajstić information content (AvgIpc) is 3.30. The van der Waals surface area contributed by atoms with E-state index in [0.29, 0.717) is 19.6 Å². The van der Waals surface area contributed by atoms with Crippen LogP contribution in [0, 0.1) is 19.8 Å². The Bertz CT molecular complexity index is 1110. The molecule has 2 heterocycles. The van der Waals surface area contributed by atoms with E-state index in [1.807, 2.05) is 31.2 Å². The molecule has 0 aromatic heterocycles. The molecule has 2 aromatic rings. The maximum atomic E-state index is 13.6. The summed E-state index contributed by atoms with van der Waals surface area (Å²) in [4.78, 5) is 27.9. The van der Waals surface area contributed by atoms with Gasteiger partial charge in [0.15, 0.2) is 0 Å². The second-order valence-electron chi connectivity index (χ2n) is 9.43. The monoisotopic (exact) mass is 477 g/mol. The van der Waals surface area contributed by atoms with Crippen LogP contribution in [-0.4, -0.2) is 60.8 Å². The van der Waals surface area contributed by atoms with Gasteiger partial charge in [-0.2, -0.15) is 5.10 Å². The van der Waals surface area contributed by atoms with Crippen molar-refractivity contribution in [2.45, 2.75) is 46.1 Å². The van der Waals surface area contributed by atoms with E-state index in [4.69, 9.17) is 14.6 Å². The van der Waals surface area contributed by atoms with E-state index in [0.717, 1.165) is 47.5 Å². The van der Waals surface area contributed by atoms with E-state index in [2.05, 4.69) is 36.9 Å². The molecular formula is C28H35N3O4. The number of methoxy groups -OCH3 is 1. The van der Waals surface area contributed by atoms with Crippen molar-refractivity contribution in [2.24, 2.45) is 11.0 Å². The maximum absolute atomic E-state index is 13.6. The highest BCUT2D eigenvalue weighted by atomic mass is 16.5. The van der Waals surface area contributed by atoms with Crippen LogP contribution in [0.5, 0.6) is 5.75 Å². The minimum atomic E-state index is -0.209. The number of hydrazone groups is 1. The Hall–Kier alpha value is -3.19. The van der Waals surface area contributed by atoms with Gasteiger partial charge in [0.05, 0.1) is 37.9 Å². The van der Waals surface area contributed by atoms with E-state index in [1.54, 1.807) is 12.1 Å². The second-order valence-corrected chi connectivity index (χ2v) is 9.43. The van der Waals surface area contributed by atoms with Gasteiger partial charge in [-0.05, 0) is 63.4 Å². The minimum absolute atomic E-state index is 0.0675. The van der Waals surface area contributed by atoms with Gasteiger partial charge in [-0.1, -0.05) is 35.9 Å². The second kappa shape index (κ2) is 11.0. The zero-order valence-corrected chi connectivity index (χ0v) is 21.1.